The fourth-order valence-corrected chi connectivity index (χ4v) is 2.39. The summed E-state index contributed by atoms with van der Waals surface area (Å²) >= 11 is 0. The molecule has 1 aromatic carbocycles. The summed E-state index contributed by atoms with van der Waals surface area (Å²) < 4.78 is 31.5. The van der Waals surface area contributed by atoms with E-state index in [4.69, 9.17) is 9.78 Å². The van der Waals surface area contributed by atoms with Crippen molar-refractivity contribution in [3.63, 3.8) is 0 Å². The summed E-state index contributed by atoms with van der Waals surface area (Å²) in [6.07, 6.45) is 0. The normalized spacial score (nSPS) is 11.9. The van der Waals surface area contributed by atoms with Gasteiger partial charge in [-0.15, -0.1) is 0 Å². The maximum Gasteiger partial charge on any atom is 0.277 e. The van der Waals surface area contributed by atoms with E-state index in [-0.39, 0.29) is 16.3 Å². The largest absolute Gasteiger partial charge is 0.337 e. The number of anilines is 1. The van der Waals surface area contributed by atoms with Gasteiger partial charge in [0.15, 0.2) is 0 Å². The van der Waals surface area contributed by atoms with Crippen LogP contribution in [0.2, 0.25) is 0 Å². The van der Waals surface area contributed by atoms with E-state index in [2.05, 4.69) is 14.9 Å². The predicted octanol–water partition coefficient (Wildman–Crippen LogP) is 2.04. The molecule has 0 bridgehead atoms. The molecule has 0 aliphatic carbocycles. The van der Waals surface area contributed by atoms with Crippen molar-refractivity contribution in [2.24, 2.45) is 0 Å². The molecule has 0 unspecified atom stereocenters. The highest BCUT2D eigenvalue weighted by atomic mass is 32.2. The third kappa shape index (κ3) is 3.38. The van der Waals surface area contributed by atoms with Crippen LogP contribution in [0.25, 0.3) is 0 Å². The van der Waals surface area contributed by atoms with Crippen LogP contribution in [0.5, 0.6) is 0 Å². The number of nitriles is 1. The summed E-state index contributed by atoms with van der Waals surface area (Å²) in [6.45, 7) is 5.62. The van der Waals surface area contributed by atoms with E-state index in [0.29, 0.717) is 11.5 Å². The number of hydrogen-bond donors (Lipinski definition) is 1. The van der Waals surface area contributed by atoms with Gasteiger partial charge in [0.25, 0.3) is 16.0 Å². The smallest absolute Gasteiger partial charge is 0.277 e. The second-order valence-electron chi connectivity index (χ2n) is 5.41. The highest BCUT2D eigenvalue weighted by molar-refractivity contribution is 7.92. The second-order valence-corrected chi connectivity index (χ2v) is 7.10. The van der Waals surface area contributed by atoms with Crippen molar-refractivity contribution in [2.45, 2.75) is 31.1 Å². The average molecular weight is 306 g/mol. The van der Waals surface area contributed by atoms with Crippen molar-refractivity contribution in [1.29, 1.82) is 5.26 Å². The Bertz CT molecular complexity index is 780. The standard InChI is InChI=1S/C13H14N4O3S/c1-13(2,3)11-15-12(16-20-11)17-21(18,19)10-6-4-9(8-14)5-7-10/h4-7H,1-3H3,(H,16,17). The second kappa shape index (κ2) is 5.18. The van der Waals surface area contributed by atoms with E-state index in [1.165, 1.54) is 24.3 Å². The first-order valence-electron chi connectivity index (χ1n) is 6.09. The zero-order chi connectivity index (χ0) is 15.7. The number of rotatable bonds is 3. The van der Waals surface area contributed by atoms with Gasteiger partial charge in [0.1, 0.15) is 0 Å². The van der Waals surface area contributed by atoms with Crippen LogP contribution in [-0.4, -0.2) is 18.6 Å². The molecular weight excluding hydrogens is 292 g/mol. The minimum atomic E-state index is -3.81. The Hall–Kier alpha value is -2.40. The van der Waals surface area contributed by atoms with E-state index in [0.717, 1.165) is 0 Å². The molecular formula is C13H14N4O3S. The third-order valence-corrected chi connectivity index (χ3v) is 3.93. The van der Waals surface area contributed by atoms with Gasteiger partial charge in [0.2, 0.25) is 5.89 Å². The lowest BCUT2D eigenvalue weighted by molar-refractivity contribution is 0.321. The number of nitrogens with one attached hydrogen (secondary N) is 1. The monoisotopic (exact) mass is 306 g/mol. The molecule has 0 saturated heterocycles. The van der Waals surface area contributed by atoms with E-state index in [1.807, 2.05) is 26.8 Å². The van der Waals surface area contributed by atoms with Crippen LogP contribution in [0.4, 0.5) is 5.95 Å². The molecule has 0 atom stereocenters. The molecule has 0 aliphatic rings. The van der Waals surface area contributed by atoms with Gasteiger partial charge in [-0.2, -0.15) is 10.2 Å². The fourth-order valence-electron chi connectivity index (χ4n) is 1.46. The molecule has 1 aromatic heterocycles. The van der Waals surface area contributed by atoms with Crippen LogP contribution in [-0.2, 0) is 15.4 Å². The van der Waals surface area contributed by atoms with Gasteiger partial charge in [-0.05, 0) is 29.4 Å². The predicted molar refractivity (Wildman–Crippen MR) is 75.0 cm³/mol. The number of nitrogens with zero attached hydrogens (tertiary/aromatic N) is 3. The Labute approximate surface area is 122 Å². The molecule has 0 aliphatic heterocycles. The first kappa shape index (κ1) is 15.0. The van der Waals surface area contributed by atoms with Crippen molar-refractivity contribution in [3.05, 3.63) is 35.7 Å². The molecule has 2 aromatic rings. The molecule has 0 spiro atoms. The van der Waals surface area contributed by atoms with Gasteiger partial charge in [-0.1, -0.05) is 20.8 Å². The number of sulfonamides is 1. The Morgan fingerprint density at radius 2 is 1.86 bits per heavy atom. The van der Waals surface area contributed by atoms with Crippen LogP contribution >= 0.6 is 0 Å². The average Bonchev–Trinajstić information content (AvgIpc) is 2.86. The molecule has 110 valence electrons. The molecule has 0 amide bonds. The Morgan fingerprint density at radius 1 is 1.24 bits per heavy atom. The first-order valence-corrected chi connectivity index (χ1v) is 7.58. The summed E-state index contributed by atoms with van der Waals surface area (Å²) in [5.74, 6) is 0.212. The van der Waals surface area contributed by atoms with E-state index in [9.17, 15) is 8.42 Å². The van der Waals surface area contributed by atoms with E-state index < -0.39 is 10.0 Å². The van der Waals surface area contributed by atoms with Crippen molar-refractivity contribution < 1.29 is 12.9 Å². The molecule has 7 nitrogen and oxygen atoms in total. The zero-order valence-corrected chi connectivity index (χ0v) is 12.6. The van der Waals surface area contributed by atoms with Crippen LogP contribution in [0, 0.1) is 11.3 Å². The summed E-state index contributed by atoms with van der Waals surface area (Å²) in [5, 5.41) is 12.3. The Balaban J connectivity index is 2.25. The fraction of sp³-hybridized carbons (Fsp3) is 0.308. The molecule has 1 N–H and O–H groups in total. The molecule has 0 saturated carbocycles. The van der Waals surface area contributed by atoms with Gasteiger partial charge in [0, 0.05) is 5.41 Å². The Kier molecular flexibility index (Phi) is 3.70. The number of hydrogen-bond acceptors (Lipinski definition) is 6. The zero-order valence-electron chi connectivity index (χ0n) is 11.8. The summed E-state index contributed by atoms with van der Waals surface area (Å²) in [5.41, 5.74) is 0.00836. The van der Waals surface area contributed by atoms with Crippen molar-refractivity contribution in [2.75, 3.05) is 4.72 Å². The molecule has 8 heteroatoms. The third-order valence-electron chi connectivity index (χ3n) is 2.59. The summed E-state index contributed by atoms with van der Waals surface area (Å²) in [4.78, 5) is 4.02. The van der Waals surface area contributed by atoms with Gasteiger partial charge < -0.3 is 4.52 Å². The summed E-state index contributed by atoms with van der Waals surface area (Å²) in [7, 11) is -3.81. The molecule has 1 heterocycles. The minimum absolute atomic E-state index is 0.0172. The van der Waals surface area contributed by atoms with Crippen molar-refractivity contribution in [3.8, 4) is 6.07 Å². The van der Waals surface area contributed by atoms with Crippen molar-refractivity contribution >= 4 is 16.0 Å². The quantitative estimate of drug-likeness (QED) is 0.929. The van der Waals surface area contributed by atoms with Gasteiger partial charge in [-0.25, -0.2) is 13.1 Å². The maximum absolute atomic E-state index is 12.1. The Morgan fingerprint density at radius 3 is 2.33 bits per heavy atom. The molecule has 2 rings (SSSR count). The van der Waals surface area contributed by atoms with Crippen LogP contribution < -0.4 is 4.72 Å². The molecule has 0 radical (unpaired) electrons. The van der Waals surface area contributed by atoms with Crippen LogP contribution in [0.1, 0.15) is 32.2 Å². The number of aromatic nitrogens is 2. The summed E-state index contributed by atoms with van der Waals surface area (Å²) in [6, 6.07) is 7.44. The van der Waals surface area contributed by atoms with Crippen molar-refractivity contribution in [1.82, 2.24) is 10.1 Å². The van der Waals surface area contributed by atoms with Gasteiger partial charge in [-0.3, -0.25) is 0 Å². The lowest BCUT2D eigenvalue weighted by Gasteiger charge is -2.10. The van der Waals surface area contributed by atoms with Crippen LogP contribution in [0.15, 0.2) is 33.7 Å². The lowest BCUT2D eigenvalue weighted by Crippen LogP contribution is -2.15. The maximum atomic E-state index is 12.1. The minimum Gasteiger partial charge on any atom is -0.337 e. The van der Waals surface area contributed by atoms with E-state index in [1.54, 1.807) is 0 Å². The lowest BCUT2D eigenvalue weighted by atomic mass is 9.97. The first-order chi connectivity index (χ1) is 9.72. The van der Waals surface area contributed by atoms with Gasteiger partial charge >= 0.3 is 0 Å². The highest BCUT2D eigenvalue weighted by Crippen LogP contribution is 2.22. The molecule has 21 heavy (non-hydrogen) atoms. The highest BCUT2D eigenvalue weighted by Gasteiger charge is 2.24. The molecule has 0 fully saturated rings. The van der Waals surface area contributed by atoms with Gasteiger partial charge in [0.05, 0.1) is 16.5 Å². The van der Waals surface area contributed by atoms with E-state index >= 15 is 0 Å². The van der Waals surface area contributed by atoms with Crippen LogP contribution in [0.3, 0.4) is 0 Å². The number of benzene rings is 1. The SMILES string of the molecule is CC(C)(C)c1nc(NS(=O)(=O)c2ccc(C#N)cc2)no1. The topological polar surface area (TPSA) is 109 Å².